The summed E-state index contributed by atoms with van der Waals surface area (Å²) in [5, 5.41) is 5.76. The summed E-state index contributed by atoms with van der Waals surface area (Å²) in [5.74, 6) is 0.117. The number of benzene rings is 3. The molecule has 0 aliphatic carbocycles. The number of ether oxygens (including phenoxy) is 1. The Morgan fingerprint density at radius 2 is 1.61 bits per heavy atom. The van der Waals surface area contributed by atoms with Crippen molar-refractivity contribution >= 4 is 17.5 Å². The number of anilines is 1. The molecular formula is C26H28N2O3. The number of amides is 2. The molecule has 2 amide bonds. The Balaban J connectivity index is 1.68. The molecule has 160 valence electrons. The van der Waals surface area contributed by atoms with Gasteiger partial charge >= 0.3 is 0 Å². The van der Waals surface area contributed by atoms with Crippen molar-refractivity contribution in [3.8, 4) is 5.75 Å². The third-order valence-electron chi connectivity index (χ3n) is 5.15. The van der Waals surface area contributed by atoms with Crippen LogP contribution < -0.4 is 15.4 Å². The molecule has 0 heterocycles. The lowest BCUT2D eigenvalue weighted by Gasteiger charge is -2.19. The van der Waals surface area contributed by atoms with Gasteiger partial charge in [0.25, 0.3) is 11.8 Å². The minimum Gasteiger partial charge on any atom is -0.481 e. The molecule has 0 unspecified atom stereocenters. The van der Waals surface area contributed by atoms with Crippen molar-refractivity contribution in [2.45, 2.75) is 39.8 Å². The summed E-state index contributed by atoms with van der Waals surface area (Å²) in [4.78, 5) is 25.6. The van der Waals surface area contributed by atoms with Crippen LogP contribution in [0.5, 0.6) is 5.75 Å². The molecule has 3 aromatic rings. The zero-order chi connectivity index (χ0) is 22.2. The summed E-state index contributed by atoms with van der Waals surface area (Å²) in [6.45, 7) is 6.34. The van der Waals surface area contributed by atoms with Crippen LogP contribution in [0.15, 0.2) is 72.8 Å². The number of rotatable bonds is 8. The van der Waals surface area contributed by atoms with Gasteiger partial charge in [0.05, 0.1) is 11.3 Å². The maximum absolute atomic E-state index is 12.9. The molecule has 5 heteroatoms. The van der Waals surface area contributed by atoms with Gasteiger partial charge in [0, 0.05) is 6.54 Å². The van der Waals surface area contributed by atoms with Crippen LogP contribution >= 0.6 is 0 Å². The number of para-hydroxylation sites is 1. The quantitative estimate of drug-likeness (QED) is 0.541. The molecule has 3 aromatic carbocycles. The fraction of sp³-hybridized carbons (Fsp3) is 0.231. The molecule has 0 saturated carbocycles. The van der Waals surface area contributed by atoms with Crippen LogP contribution in [0, 0.1) is 13.8 Å². The number of nitrogens with one attached hydrogen (secondary N) is 2. The minimum absolute atomic E-state index is 0.247. The molecule has 3 rings (SSSR count). The third kappa shape index (κ3) is 5.95. The zero-order valence-electron chi connectivity index (χ0n) is 18.1. The molecule has 0 aromatic heterocycles. The van der Waals surface area contributed by atoms with Crippen molar-refractivity contribution in [2.24, 2.45) is 0 Å². The van der Waals surface area contributed by atoms with Crippen molar-refractivity contribution in [3.63, 3.8) is 0 Å². The number of carbonyl (C=O) groups excluding carboxylic acids is 2. The second-order valence-electron chi connectivity index (χ2n) is 7.46. The maximum Gasteiger partial charge on any atom is 0.265 e. The van der Waals surface area contributed by atoms with Crippen molar-refractivity contribution in [2.75, 3.05) is 5.32 Å². The van der Waals surface area contributed by atoms with Gasteiger partial charge in [0.1, 0.15) is 5.75 Å². The van der Waals surface area contributed by atoms with E-state index in [4.69, 9.17) is 4.74 Å². The highest BCUT2D eigenvalue weighted by atomic mass is 16.5. The first kappa shape index (κ1) is 22.1. The maximum atomic E-state index is 12.9. The van der Waals surface area contributed by atoms with Crippen LogP contribution in [-0.2, 0) is 11.3 Å². The molecule has 0 aliphatic rings. The van der Waals surface area contributed by atoms with Gasteiger partial charge in [0.15, 0.2) is 6.10 Å². The van der Waals surface area contributed by atoms with E-state index >= 15 is 0 Å². The van der Waals surface area contributed by atoms with E-state index in [1.165, 1.54) is 5.56 Å². The molecule has 0 spiro atoms. The minimum atomic E-state index is -0.664. The predicted molar refractivity (Wildman–Crippen MR) is 123 cm³/mol. The molecule has 2 N–H and O–H groups in total. The normalized spacial score (nSPS) is 11.5. The Hall–Kier alpha value is -3.60. The number of carbonyl (C=O) groups is 2. The fourth-order valence-corrected chi connectivity index (χ4v) is 3.15. The number of hydrogen-bond donors (Lipinski definition) is 2. The lowest BCUT2D eigenvalue weighted by Crippen LogP contribution is -2.33. The average Bonchev–Trinajstić information content (AvgIpc) is 2.79. The van der Waals surface area contributed by atoms with Gasteiger partial charge in [-0.3, -0.25) is 9.59 Å². The van der Waals surface area contributed by atoms with Crippen LogP contribution in [0.2, 0.25) is 0 Å². The summed E-state index contributed by atoms with van der Waals surface area (Å²) < 4.78 is 5.93. The van der Waals surface area contributed by atoms with E-state index in [2.05, 4.69) is 10.6 Å². The SMILES string of the molecule is CC[C@H](Oc1ccc(C)c(C)c1)C(=O)Nc1ccccc1C(=O)NCc1ccccc1. The first-order valence-corrected chi connectivity index (χ1v) is 10.4. The van der Waals surface area contributed by atoms with Crippen LogP contribution in [0.25, 0.3) is 0 Å². The summed E-state index contributed by atoms with van der Waals surface area (Å²) in [6.07, 6.45) is -0.163. The van der Waals surface area contributed by atoms with Crippen LogP contribution in [0.1, 0.15) is 40.4 Å². The first-order valence-electron chi connectivity index (χ1n) is 10.4. The molecule has 0 radical (unpaired) electrons. The van der Waals surface area contributed by atoms with E-state index in [9.17, 15) is 9.59 Å². The summed E-state index contributed by atoms with van der Waals surface area (Å²) in [5.41, 5.74) is 4.15. The van der Waals surface area contributed by atoms with E-state index in [0.29, 0.717) is 30.0 Å². The van der Waals surface area contributed by atoms with Gasteiger partial charge in [-0.25, -0.2) is 0 Å². The Kier molecular flexibility index (Phi) is 7.44. The van der Waals surface area contributed by atoms with Crippen LogP contribution in [0.3, 0.4) is 0 Å². The number of aryl methyl sites for hydroxylation is 2. The topological polar surface area (TPSA) is 67.4 Å². The van der Waals surface area contributed by atoms with Crippen molar-refractivity contribution in [3.05, 3.63) is 95.1 Å². The standard InChI is InChI=1S/C26H28N2O3/c1-4-24(31-21-15-14-18(2)19(3)16-21)26(30)28-23-13-9-8-12-22(23)25(29)27-17-20-10-6-5-7-11-20/h5-16,24H,4,17H2,1-3H3,(H,27,29)(H,28,30)/t24-/m0/s1. The van der Waals surface area contributed by atoms with E-state index in [1.54, 1.807) is 24.3 Å². The Labute approximate surface area is 183 Å². The van der Waals surface area contributed by atoms with E-state index < -0.39 is 6.10 Å². The average molecular weight is 417 g/mol. The Morgan fingerprint density at radius 1 is 0.903 bits per heavy atom. The Bertz CT molecular complexity index is 1050. The fourth-order valence-electron chi connectivity index (χ4n) is 3.15. The molecule has 1 atom stereocenters. The molecule has 31 heavy (non-hydrogen) atoms. The molecule has 0 saturated heterocycles. The molecular weight excluding hydrogens is 388 g/mol. The highest BCUT2D eigenvalue weighted by molar-refractivity contribution is 6.04. The van der Waals surface area contributed by atoms with Crippen LogP contribution in [0.4, 0.5) is 5.69 Å². The van der Waals surface area contributed by atoms with E-state index in [0.717, 1.165) is 11.1 Å². The number of hydrogen-bond acceptors (Lipinski definition) is 3. The van der Waals surface area contributed by atoms with Crippen LogP contribution in [-0.4, -0.2) is 17.9 Å². The largest absolute Gasteiger partial charge is 0.481 e. The predicted octanol–water partition coefficient (Wildman–Crippen LogP) is 5.03. The van der Waals surface area contributed by atoms with Crippen molar-refractivity contribution in [1.29, 1.82) is 0 Å². The van der Waals surface area contributed by atoms with Gasteiger partial charge in [-0.15, -0.1) is 0 Å². The van der Waals surface area contributed by atoms with Gasteiger partial charge in [0.2, 0.25) is 0 Å². The summed E-state index contributed by atoms with van der Waals surface area (Å²) in [6, 6.07) is 22.4. The van der Waals surface area contributed by atoms with Crippen molar-refractivity contribution in [1.82, 2.24) is 5.32 Å². The van der Waals surface area contributed by atoms with E-state index in [1.807, 2.05) is 69.3 Å². The Morgan fingerprint density at radius 3 is 2.32 bits per heavy atom. The van der Waals surface area contributed by atoms with Gasteiger partial charge < -0.3 is 15.4 Å². The highest BCUT2D eigenvalue weighted by Crippen LogP contribution is 2.20. The van der Waals surface area contributed by atoms with Gasteiger partial charge in [-0.2, -0.15) is 0 Å². The second-order valence-corrected chi connectivity index (χ2v) is 7.46. The van der Waals surface area contributed by atoms with E-state index in [-0.39, 0.29) is 11.8 Å². The zero-order valence-corrected chi connectivity index (χ0v) is 18.1. The monoisotopic (exact) mass is 416 g/mol. The molecule has 0 bridgehead atoms. The first-order chi connectivity index (χ1) is 15.0. The lowest BCUT2D eigenvalue weighted by atomic mass is 10.1. The second kappa shape index (κ2) is 10.4. The highest BCUT2D eigenvalue weighted by Gasteiger charge is 2.21. The lowest BCUT2D eigenvalue weighted by molar-refractivity contribution is -0.122. The van der Waals surface area contributed by atoms with Gasteiger partial charge in [-0.1, -0.05) is 55.5 Å². The van der Waals surface area contributed by atoms with Gasteiger partial charge in [-0.05, 0) is 61.2 Å². The third-order valence-corrected chi connectivity index (χ3v) is 5.15. The molecule has 0 aliphatic heterocycles. The molecule has 0 fully saturated rings. The summed E-state index contributed by atoms with van der Waals surface area (Å²) >= 11 is 0. The molecule has 5 nitrogen and oxygen atoms in total. The van der Waals surface area contributed by atoms with Crippen molar-refractivity contribution < 1.29 is 14.3 Å². The summed E-state index contributed by atoms with van der Waals surface area (Å²) in [7, 11) is 0. The smallest absolute Gasteiger partial charge is 0.265 e.